The number of nitrogens with one attached hydrogen (secondary N) is 1. The van der Waals surface area contributed by atoms with Crippen LogP contribution < -0.4 is 5.32 Å². The largest absolute Gasteiger partial charge is 0.302 e. The summed E-state index contributed by atoms with van der Waals surface area (Å²) in [5, 5.41) is 5.62. The summed E-state index contributed by atoms with van der Waals surface area (Å²) < 4.78 is 1.09. The van der Waals surface area contributed by atoms with E-state index in [0.29, 0.717) is 11.6 Å². The molecular formula is C15H17BrN2OS2. The van der Waals surface area contributed by atoms with E-state index in [9.17, 15) is 4.79 Å². The van der Waals surface area contributed by atoms with Crippen molar-refractivity contribution in [3.8, 4) is 10.6 Å². The number of halogens is 1. The average Bonchev–Trinajstić information content (AvgIpc) is 3.17. The highest BCUT2D eigenvalue weighted by molar-refractivity contribution is 9.11. The number of hydrogen-bond donors (Lipinski definition) is 1. The molecule has 2 aromatic rings. The van der Waals surface area contributed by atoms with Crippen LogP contribution in [0, 0.1) is 5.92 Å². The first kappa shape index (κ1) is 15.2. The standard InChI is InChI=1S/C15H17BrN2OS2/c16-13-7-6-12(21-13)11-9-20-15(17-11)18-14(19)8-5-10-3-1-2-4-10/h6-7,9-10H,1-5,8H2,(H,17,18,19). The highest BCUT2D eigenvalue weighted by Crippen LogP contribution is 2.33. The highest BCUT2D eigenvalue weighted by atomic mass is 79.9. The molecule has 1 amide bonds. The zero-order chi connectivity index (χ0) is 14.7. The van der Waals surface area contributed by atoms with E-state index < -0.39 is 0 Å². The zero-order valence-electron chi connectivity index (χ0n) is 11.6. The Balaban J connectivity index is 1.53. The third kappa shape index (κ3) is 4.14. The highest BCUT2D eigenvalue weighted by Gasteiger charge is 2.16. The van der Waals surface area contributed by atoms with Gasteiger partial charge >= 0.3 is 0 Å². The molecule has 0 spiro atoms. The summed E-state index contributed by atoms with van der Waals surface area (Å²) in [5.41, 5.74) is 0.932. The molecule has 1 aliphatic carbocycles. The van der Waals surface area contributed by atoms with Gasteiger partial charge < -0.3 is 5.32 Å². The van der Waals surface area contributed by atoms with Crippen LogP contribution in [-0.4, -0.2) is 10.9 Å². The van der Waals surface area contributed by atoms with Crippen molar-refractivity contribution in [2.75, 3.05) is 5.32 Å². The molecular weight excluding hydrogens is 368 g/mol. The maximum Gasteiger partial charge on any atom is 0.226 e. The number of thiophene rings is 1. The minimum atomic E-state index is 0.0927. The maximum atomic E-state index is 12.0. The number of thiazole rings is 1. The van der Waals surface area contributed by atoms with E-state index >= 15 is 0 Å². The minimum Gasteiger partial charge on any atom is -0.302 e. The molecule has 1 fully saturated rings. The van der Waals surface area contributed by atoms with Crippen LogP contribution in [0.1, 0.15) is 38.5 Å². The van der Waals surface area contributed by atoms with Crippen LogP contribution in [0.4, 0.5) is 5.13 Å². The van der Waals surface area contributed by atoms with E-state index in [1.165, 1.54) is 37.0 Å². The fourth-order valence-corrected chi connectivity index (χ4v) is 4.86. The topological polar surface area (TPSA) is 42.0 Å². The van der Waals surface area contributed by atoms with Gasteiger partial charge in [-0.05, 0) is 40.4 Å². The molecule has 3 nitrogen and oxygen atoms in total. The normalized spacial score (nSPS) is 15.5. The molecule has 6 heteroatoms. The van der Waals surface area contributed by atoms with Gasteiger partial charge in [-0.15, -0.1) is 22.7 Å². The second-order valence-electron chi connectivity index (χ2n) is 5.38. The monoisotopic (exact) mass is 384 g/mol. The molecule has 1 N–H and O–H groups in total. The number of carbonyl (C=O) groups excluding carboxylic acids is 1. The third-order valence-electron chi connectivity index (χ3n) is 3.83. The molecule has 1 saturated carbocycles. The van der Waals surface area contributed by atoms with Crippen LogP contribution in [0.15, 0.2) is 21.3 Å². The Hall–Kier alpha value is -0.720. The Labute approximate surface area is 140 Å². The predicted octanol–water partition coefficient (Wildman–Crippen LogP) is 5.54. The lowest BCUT2D eigenvalue weighted by molar-refractivity contribution is -0.116. The van der Waals surface area contributed by atoms with Crippen molar-refractivity contribution in [2.24, 2.45) is 5.92 Å². The number of aromatic nitrogens is 1. The molecule has 0 unspecified atom stereocenters. The van der Waals surface area contributed by atoms with E-state index in [2.05, 4.69) is 26.2 Å². The van der Waals surface area contributed by atoms with Gasteiger partial charge in [0.05, 0.1) is 14.4 Å². The van der Waals surface area contributed by atoms with Gasteiger partial charge in [0.25, 0.3) is 0 Å². The fourth-order valence-electron chi connectivity index (χ4n) is 2.71. The zero-order valence-corrected chi connectivity index (χ0v) is 14.8. The Morgan fingerprint density at radius 2 is 2.19 bits per heavy atom. The van der Waals surface area contributed by atoms with Crippen LogP contribution in [0.2, 0.25) is 0 Å². The number of amides is 1. The Morgan fingerprint density at radius 1 is 1.38 bits per heavy atom. The lowest BCUT2D eigenvalue weighted by Gasteiger charge is -2.07. The van der Waals surface area contributed by atoms with Gasteiger partial charge in [0.15, 0.2) is 5.13 Å². The molecule has 0 saturated heterocycles. The van der Waals surface area contributed by atoms with E-state index in [-0.39, 0.29) is 5.91 Å². The van der Waals surface area contributed by atoms with Gasteiger partial charge in [-0.25, -0.2) is 4.98 Å². The molecule has 3 rings (SSSR count). The Kier molecular flexibility index (Phi) is 5.08. The molecule has 21 heavy (non-hydrogen) atoms. The molecule has 0 aromatic carbocycles. The summed E-state index contributed by atoms with van der Waals surface area (Å²) >= 11 is 6.59. The van der Waals surface area contributed by atoms with Crippen LogP contribution >= 0.6 is 38.6 Å². The van der Waals surface area contributed by atoms with Gasteiger partial charge in [0.1, 0.15) is 0 Å². The average molecular weight is 385 g/mol. The van der Waals surface area contributed by atoms with Gasteiger partial charge in [-0.1, -0.05) is 25.7 Å². The Bertz CT molecular complexity index is 617. The van der Waals surface area contributed by atoms with Crippen LogP contribution in [-0.2, 0) is 4.79 Å². The summed E-state index contributed by atoms with van der Waals surface area (Å²) in [4.78, 5) is 17.6. The lowest BCUT2D eigenvalue weighted by Crippen LogP contribution is -2.12. The van der Waals surface area contributed by atoms with Gasteiger partial charge in [-0.2, -0.15) is 0 Å². The number of hydrogen-bond acceptors (Lipinski definition) is 4. The van der Waals surface area contributed by atoms with Crippen molar-refractivity contribution < 1.29 is 4.79 Å². The fraction of sp³-hybridized carbons (Fsp3) is 0.467. The second kappa shape index (κ2) is 7.03. The van der Waals surface area contributed by atoms with E-state index in [1.807, 2.05) is 17.5 Å². The number of carbonyl (C=O) groups is 1. The molecule has 2 aromatic heterocycles. The summed E-state index contributed by atoms with van der Waals surface area (Å²) in [5.74, 6) is 0.848. The molecule has 112 valence electrons. The SMILES string of the molecule is O=C(CCC1CCCC1)Nc1nc(-c2ccc(Br)s2)cs1. The van der Waals surface area contributed by atoms with Gasteiger partial charge in [0, 0.05) is 11.8 Å². The molecule has 0 aliphatic heterocycles. The van der Waals surface area contributed by atoms with Gasteiger partial charge in [0.2, 0.25) is 5.91 Å². The van der Waals surface area contributed by atoms with Crippen molar-refractivity contribution in [2.45, 2.75) is 38.5 Å². The quantitative estimate of drug-likeness (QED) is 0.734. The number of anilines is 1. The van der Waals surface area contributed by atoms with Crippen molar-refractivity contribution >= 4 is 49.6 Å². The van der Waals surface area contributed by atoms with Crippen LogP contribution in [0.5, 0.6) is 0 Å². The molecule has 2 heterocycles. The van der Waals surface area contributed by atoms with Crippen molar-refractivity contribution in [1.82, 2.24) is 4.98 Å². The molecule has 1 aliphatic rings. The first-order chi connectivity index (χ1) is 10.2. The van der Waals surface area contributed by atoms with Crippen molar-refractivity contribution in [1.29, 1.82) is 0 Å². The van der Waals surface area contributed by atoms with E-state index in [1.54, 1.807) is 11.3 Å². The summed E-state index contributed by atoms with van der Waals surface area (Å²) in [7, 11) is 0. The van der Waals surface area contributed by atoms with Gasteiger partial charge in [-0.3, -0.25) is 4.79 Å². The van der Waals surface area contributed by atoms with Crippen LogP contribution in [0.25, 0.3) is 10.6 Å². The summed E-state index contributed by atoms with van der Waals surface area (Å²) in [6.07, 6.45) is 6.88. The second-order valence-corrected chi connectivity index (χ2v) is 8.70. The van der Waals surface area contributed by atoms with Crippen LogP contribution in [0.3, 0.4) is 0 Å². The molecule has 0 atom stereocenters. The lowest BCUT2D eigenvalue weighted by atomic mass is 10.0. The number of nitrogens with zero attached hydrogens (tertiary/aromatic N) is 1. The minimum absolute atomic E-state index is 0.0927. The Morgan fingerprint density at radius 3 is 2.90 bits per heavy atom. The molecule has 0 radical (unpaired) electrons. The predicted molar refractivity (Wildman–Crippen MR) is 92.9 cm³/mol. The van der Waals surface area contributed by atoms with E-state index in [4.69, 9.17) is 0 Å². The van der Waals surface area contributed by atoms with E-state index in [0.717, 1.165) is 26.7 Å². The first-order valence-electron chi connectivity index (χ1n) is 7.22. The third-order valence-corrected chi connectivity index (χ3v) is 6.23. The maximum absolute atomic E-state index is 12.0. The smallest absolute Gasteiger partial charge is 0.226 e. The first-order valence-corrected chi connectivity index (χ1v) is 9.71. The van der Waals surface area contributed by atoms with Crippen molar-refractivity contribution in [3.05, 3.63) is 21.3 Å². The summed E-state index contributed by atoms with van der Waals surface area (Å²) in [6, 6.07) is 4.05. The summed E-state index contributed by atoms with van der Waals surface area (Å²) in [6.45, 7) is 0. The molecule has 0 bridgehead atoms. The number of rotatable bonds is 5. The van der Waals surface area contributed by atoms with Crippen molar-refractivity contribution in [3.63, 3.8) is 0 Å².